The lowest BCUT2D eigenvalue weighted by atomic mass is 10.0. The van der Waals surface area contributed by atoms with Crippen molar-refractivity contribution in [2.75, 3.05) is 6.54 Å². The zero-order chi connectivity index (χ0) is 19.4. The summed E-state index contributed by atoms with van der Waals surface area (Å²) in [6.07, 6.45) is 3.98. The summed E-state index contributed by atoms with van der Waals surface area (Å²) in [6, 6.07) is 18.8. The number of thioether (sulfide) groups is 1. The van der Waals surface area contributed by atoms with Gasteiger partial charge in [-0.15, -0.1) is 0 Å². The Kier molecular flexibility index (Phi) is 3.99. The second kappa shape index (κ2) is 6.71. The van der Waals surface area contributed by atoms with Crippen LogP contribution in [0, 0.1) is 0 Å². The number of benzene rings is 1. The molecule has 0 bridgehead atoms. The van der Waals surface area contributed by atoms with E-state index >= 15 is 0 Å². The summed E-state index contributed by atoms with van der Waals surface area (Å²) in [5.41, 5.74) is 3.28. The van der Waals surface area contributed by atoms with Gasteiger partial charge in [-0.05, 0) is 36.4 Å². The predicted octanol–water partition coefficient (Wildman–Crippen LogP) is 5.07. The van der Waals surface area contributed by atoms with Gasteiger partial charge in [-0.3, -0.25) is 14.5 Å². The fourth-order valence-corrected chi connectivity index (χ4v) is 6.27. The molecular weight excluding hydrogens is 398 g/mol. The van der Waals surface area contributed by atoms with Gasteiger partial charge in [0.05, 0.1) is 27.6 Å². The van der Waals surface area contributed by atoms with E-state index in [1.807, 2.05) is 36.2 Å². The molecule has 5 nitrogen and oxygen atoms in total. The number of hydrogen-bond acceptors (Lipinski definition) is 6. The van der Waals surface area contributed by atoms with Crippen molar-refractivity contribution in [1.29, 1.82) is 0 Å². The third-order valence-corrected chi connectivity index (χ3v) is 7.59. The number of aromatic nitrogens is 3. The van der Waals surface area contributed by atoms with Gasteiger partial charge in [-0.1, -0.05) is 48.2 Å². The molecule has 4 aromatic rings. The van der Waals surface area contributed by atoms with Crippen molar-refractivity contribution in [2.24, 2.45) is 4.99 Å². The average molecular weight is 418 g/mol. The monoisotopic (exact) mass is 417 g/mol. The van der Waals surface area contributed by atoms with Crippen molar-refractivity contribution < 1.29 is 0 Å². The molecule has 144 valence electrons. The summed E-state index contributed by atoms with van der Waals surface area (Å²) in [5.74, 6) is 0. The van der Waals surface area contributed by atoms with Crippen molar-refractivity contribution >= 4 is 38.5 Å². The van der Waals surface area contributed by atoms with E-state index < -0.39 is 0 Å². The van der Waals surface area contributed by atoms with Gasteiger partial charge >= 0.3 is 0 Å². The van der Waals surface area contributed by atoms with Crippen molar-refractivity contribution in [1.82, 2.24) is 19.4 Å². The average Bonchev–Trinajstić information content (AvgIpc) is 3.49. The molecule has 1 fully saturated rings. The van der Waals surface area contributed by atoms with Crippen LogP contribution in [0.2, 0.25) is 0 Å². The molecule has 0 amide bonds. The molecule has 7 heteroatoms. The van der Waals surface area contributed by atoms with E-state index in [0.717, 1.165) is 28.1 Å². The first kappa shape index (κ1) is 17.2. The van der Waals surface area contributed by atoms with E-state index in [4.69, 9.17) is 9.98 Å². The van der Waals surface area contributed by atoms with E-state index in [1.54, 1.807) is 11.3 Å². The summed E-state index contributed by atoms with van der Waals surface area (Å²) in [7, 11) is 0. The first-order valence-electron chi connectivity index (χ1n) is 9.73. The van der Waals surface area contributed by atoms with Gasteiger partial charge in [0.25, 0.3) is 0 Å². The van der Waals surface area contributed by atoms with Crippen molar-refractivity contribution in [3.63, 3.8) is 0 Å². The Bertz CT molecular complexity index is 1180. The first-order valence-corrected chi connectivity index (χ1v) is 11.4. The Morgan fingerprint density at radius 2 is 1.93 bits per heavy atom. The summed E-state index contributed by atoms with van der Waals surface area (Å²) in [4.78, 5) is 17.1. The molecule has 0 saturated carbocycles. The highest BCUT2D eigenvalue weighted by molar-refractivity contribution is 8.14. The van der Waals surface area contributed by atoms with Crippen LogP contribution in [0.25, 0.3) is 15.3 Å². The molecule has 29 heavy (non-hydrogen) atoms. The highest BCUT2D eigenvalue weighted by Crippen LogP contribution is 2.48. The quantitative estimate of drug-likeness (QED) is 0.467. The number of hydrogen-bond donors (Lipinski definition) is 0. The normalized spacial score (nSPS) is 23.6. The minimum absolute atomic E-state index is 0.00534. The van der Waals surface area contributed by atoms with Crippen LogP contribution in [0.1, 0.15) is 30.4 Å². The maximum atomic E-state index is 5.10. The number of para-hydroxylation sites is 1. The van der Waals surface area contributed by atoms with E-state index in [9.17, 15) is 0 Å². The summed E-state index contributed by atoms with van der Waals surface area (Å²) in [5, 5.41) is 2.68. The fourth-order valence-electron chi connectivity index (χ4n) is 4.21. The molecule has 2 aliphatic rings. The molecular formula is C22H19N5S2. The lowest BCUT2D eigenvalue weighted by Crippen LogP contribution is -2.30. The topological polar surface area (TPSA) is 46.3 Å². The molecule has 5 heterocycles. The molecule has 0 radical (unpaired) electrons. The molecule has 0 aliphatic carbocycles. The van der Waals surface area contributed by atoms with Gasteiger partial charge in [0.15, 0.2) is 10.3 Å². The minimum atomic E-state index is -0.00534. The van der Waals surface area contributed by atoms with Crippen LogP contribution < -0.4 is 0 Å². The number of amidine groups is 1. The van der Waals surface area contributed by atoms with Gasteiger partial charge in [-0.25, -0.2) is 4.98 Å². The lowest BCUT2D eigenvalue weighted by molar-refractivity contribution is 0.312. The number of fused-ring (bicyclic) bond motifs is 2. The number of nitrogens with zero attached hydrogens (tertiary/aromatic N) is 5. The van der Waals surface area contributed by atoms with Crippen LogP contribution in [0.4, 0.5) is 0 Å². The molecule has 0 unspecified atom stereocenters. The predicted molar refractivity (Wildman–Crippen MR) is 120 cm³/mol. The zero-order valence-electron chi connectivity index (χ0n) is 15.8. The fraction of sp³-hybridized carbons (Fsp3) is 0.227. The van der Waals surface area contributed by atoms with Crippen LogP contribution in [-0.4, -0.2) is 36.4 Å². The van der Waals surface area contributed by atoms with E-state index in [0.29, 0.717) is 5.25 Å². The third kappa shape index (κ3) is 2.80. The molecule has 3 atom stereocenters. The summed E-state index contributed by atoms with van der Waals surface area (Å²) in [6.45, 7) is 3.27. The maximum absolute atomic E-state index is 5.10. The van der Waals surface area contributed by atoms with Crippen LogP contribution in [-0.2, 0) is 0 Å². The summed E-state index contributed by atoms with van der Waals surface area (Å²) < 4.78 is 3.44. The van der Waals surface area contributed by atoms with Crippen molar-refractivity contribution in [3.05, 3.63) is 78.4 Å². The Balaban J connectivity index is 1.47. The molecule has 0 N–H and O–H groups in total. The Morgan fingerprint density at radius 1 is 1.03 bits per heavy atom. The molecule has 3 aromatic heterocycles. The van der Waals surface area contributed by atoms with Crippen molar-refractivity contribution in [3.8, 4) is 5.13 Å². The number of rotatable bonds is 3. The van der Waals surface area contributed by atoms with Crippen molar-refractivity contribution in [2.45, 2.75) is 24.3 Å². The van der Waals surface area contributed by atoms with Crippen LogP contribution in [0.5, 0.6) is 0 Å². The Labute approximate surface area is 177 Å². The Morgan fingerprint density at radius 3 is 2.79 bits per heavy atom. The largest absolute Gasteiger partial charge is 0.339 e. The Hall–Kier alpha value is -2.64. The number of pyridine rings is 1. The van der Waals surface area contributed by atoms with E-state index in [1.165, 1.54) is 10.4 Å². The molecule has 2 aliphatic heterocycles. The first-order chi connectivity index (χ1) is 14.3. The molecule has 1 aromatic carbocycles. The van der Waals surface area contributed by atoms with Crippen LogP contribution >= 0.6 is 23.1 Å². The van der Waals surface area contributed by atoms with Gasteiger partial charge in [0.2, 0.25) is 0 Å². The van der Waals surface area contributed by atoms with E-state index in [-0.39, 0.29) is 12.1 Å². The molecule has 6 rings (SSSR count). The van der Waals surface area contributed by atoms with Gasteiger partial charge < -0.3 is 4.90 Å². The number of thiazole rings is 1. The van der Waals surface area contributed by atoms with E-state index in [2.05, 4.69) is 64.0 Å². The van der Waals surface area contributed by atoms with Crippen LogP contribution in [0.15, 0.2) is 72.0 Å². The highest BCUT2D eigenvalue weighted by atomic mass is 32.2. The second-order valence-corrected chi connectivity index (χ2v) is 9.82. The molecule has 1 saturated heterocycles. The SMILES string of the molecule is C[C@@H]1CN2C(=N[C@@H](c3ccccn3)[C@@H]2c2cccn2-c2nc3ccccc3s2)S1. The second-order valence-electron chi connectivity index (χ2n) is 7.40. The van der Waals surface area contributed by atoms with Crippen LogP contribution in [0.3, 0.4) is 0 Å². The zero-order valence-corrected chi connectivity index (χ0v) is 17.5. The van der Waals surface area contributed by atoms with Gasteiger partial charge in [-0.2, -0.15) is 0 Å². The summed E-state index contributed by atoms with van der Waals surface area (Å²) >= 11 is 3.59. The minimum Gasteiger partial charge on any atom is -0.339 e. The standard InChI is InChI=1S/C22H19N5S2/c1-14-13-27-20(19(25-22(27)28-14)16-8-4-5-11-23-16)17-9-6-12-26(17)21-24-15-7-2-3-10-18(15)29-21/h2-12,14,19-20H,13H2,1H3/t14-,19+,20+/m1/s1. The molecule has 0 spiro atoms. The van der Waals surface area contributed by atoms with Gasteiger partial charge in [0, 0.05) is 24.2 Å². The lowest BCUT2D eigenvalue weighted by Gasteiger charge is -2.27. The smallest absolute Gasteiger partial charge is 0.194 e. The highest BCUT2D eigenvalue weighted by Gasteiger charge is 2.44. The number of aliphatic imine (C=N–C) groups is 1. The third-order valence-electron chi connectivity index (χ3n) is 5.45. The van der Waals surface area contributed by atoms with Gasteiger partial charge in [0.1, 0.15) is 6.04 Å². The maximum Gasteiger partial charge on any atom is 0.194 e.